The van der Waals surface area contributed by atoms with Crippen LogP contribution in [0.5, 0.6) is 0 Å². The molecular weight excluding hydrogens is 268 g/mol. The predicted octanol–water partition coefficient (Wildman–Crippen LogP) is 3.80. The Kier molecular flexibility index (Phi) is 4.28. The minimum Gasteiger partial charge on any atom is -0.373 e. The monoisotopic (exact) mass is 290 g/mol. The van der Waals surface area contributed by atoms with Gasteiger partial charge >= 0.3 is 0 Å². The first-order valence-electron chi connectivity index (χ1n) is 6.75. The minimum absolute atomic E-state index is 0.0708. The van der Waals surface area contributed by atoms with Gasteiger partial charge in [-0.1, -0.05) is 26.8 Å². The number of nitrogens with zero attached hydrogens (tertiary/aromatic N) is 2. The van der Waals surface area contributed by atoms with Gasteiger partial charge in [-0.15, -0.1) is 11.3 Å². The third-order valence-electron chi connectivity index (χ3n) is 3.06. The van der Waals surface area contributed by atoms with E-state index in [4.69, 9.17) is 4.98 Å². The van der Waals surface area contributed by atoms with Gasteiger partial charge in [-0.3, -0.25) is 0 Å². The second-order valence-electron chi connectivity index (χ2n) is 5.80. The second kappa shape index (κ2) is 5.79. The van der Waals surface area contributed by atoms with E-state index in [1.165, 1.54) is 4.88 Å². The third-order valence-corrected chi connectivity index (χ3v) is 3.94. The fraction of sp³-hybridized carbons (Fsp3) is 0.467. The van der Waals surface area contributed by atoms with Gasteiger partial charge in [0, 0.05) is 22.9 Å². The SMILES string of the molecule is CNc1nc(C(C)(C)C)nc(NCc2cccs2)c1C. The molecule has 0 atom stereocenters. The summed E-state index contributed by atoms with van der Waals surface area (Å²) in [5.41, 5.74) is 0.982. The van der Waals surface area contributed by atoms with Crippen LogP contribution in [0.3, 0.4) is 0 Å². The standard InChI is InChI=1S/C15H22N4S/c1-10-12(16-5)18-14(15(2,3)4)19-13(10)17-9-11-7-6-8-20-11/h6-8H,9H2,1-5H3,(H2,16,17,18,19). The first-order chi connectivity index (χ1) is 9.41. The van der Waals surface area contributed by atoms with Gasteiger partial charge in [0.2, 0.25) is 0 Å². The van der Waals surface area contributed by atoms with E-state index in [0.717, 1.165) is 29.6 Å². The molecule has 5 heteroatoms. The van der Waals surface area contributed by atoms with Crippen molar-refractivity contribution < 1.29 is 0 Å². The molecule has 0 saturated carbocycles. The molecule has 2 aromatic heterocycles. The maximum atomic E-state index is 4.69. The molecule has 0 fully saturated rings. The molecule has 0 unspecified atom stereocenters. The Labute approximate surface area is 124 Å². The Bertz CT molecular complexity index is 570. The van der Waals surface area contributed by atoms with Crippen LogP contribution in [0.25, 0.3) is 0 Å². The average Bonchev–Trinajstić information content (AvgIpc) is 2.89. The quantitative estimate of drug-likeness (QED) is 0.899. The Morgan fingerprint density at radius 1 is 1.20 bits per heavy atom. The van der Waals surface area contributed by atoms with Gasteiger partial charge in [-0.25, -0.2) is 9.97 Å². The lowest BCUT2D eigenvalue weighted by Crippen LogP contribution is -2.19. The lowest BCUT2D eigenvalue weighted by Gasteiger charge is -2.20. The highest BCUT2D eigenvalue weighted by Crippen LogP contribution is 2.26. The molecule has 108 valence electrons. The molecule has 2 N–H and O–H groups in total. The molecule has 0 aromatic carbocycles. The molecule has 0 bridgehead atoms. The summed E-state index contributed by atoms with van der Waals surface area (Å²) in [6.45, 7) is 9.21. The van der Waals surface area contributed by atoms with Gasteiger partial charge in [0.15, 0.2) is 0 Å². The maximum Gasteiger partial charge on any atom is 0.138 e. The second-order valence-corrected chi connectivity index (χ2v) is 6.83. The smallest absolute Gasteiger partial charge is 0.138 e. The lowest BCUT2D eigenvalue weighted by molar-refractivity contribution is 0.546. The summed E-state index contributed by atoms with van der Waals surface area (Å²) in [5.74, 6) is 2.64. The molecule has 0 radical (unpaired) electrons. The van der Waals surface area contributed by atoms with E-state index in [-0.39, 0.29) is 5.41 Å². The van der Waals surface area contributed by atoms with Gasteiger partial charge < -0.3 is 10.6 Å². The molecule has 0 spiro atoms. The first-order valence-corrected chi connectivity index (χ1v) is 7.63. The number of thiophene rings is 1. The molecule has 0 amide bonds. The van der Waals surface area contributed by atoms with Crippen molar-refractivity contribution >= 4 is 23.0 Å². The van der Waals surface area contributed by atoms with Crippen LogP contribution in [0, 0.1) is 6.92 Å². The van der Waals surface area contributed by atoms with Crippen molar-refractivity contribution in [2.24, 2.45) is 0 Å². The largest absolute Gasteiger partial charge is 0.373 e. The zero-order valence-corrected chi connectivity index (χ0v) is 13.6. The molecule has 4 nitrogen and oxygen atoms in total. The highest BCUT2D eigenvalue weighted by molar-refractivity contribution is 7.09. The van der Waals surface area contributed by atoms with E-state index in [0.29, 0.717) is 0 Å². The van der Waals surface area contributed by atoms with Crippen LogP contribution in [-0.4, -0.2) is 17.0 Å². The van der Waals surface area contributed by atoms with Gasteiger partial charge in [-0.2, -0.15) is 0 Å². The van der Waals surface area contributed by atoms with Crippen LogP contribution < -0.4 is 10.6 Å². The fourth-order valence-electron chi connectivity index (χ4n) is 1.85. The normalized spacial score (nSPS) is 11.4. The van der Waals surface area contributed by atoms with Crippen molar-refractivity contribution in [2.45, 2.75) is 39.7 Å². The first kappa shape index (κ1) is 14.8. The number of anilines is 2. The molecule has 2 heterocycles. The number of nitrogens with one attached hydrogen (secondary N) is 2. The lowest BCUT2D eigenvalue weighted by atomic mass is 9.95. The highest BCUT2D eigenvalue weighted by Gasteiger charge is 2.20. The Hall–Kier alpha value is -1.62. The van der Waals surface area contributed by atoms with E-state index < -0.39 is 0 Å². The summed E-state index contributed by atoms with van der Waals surface area (Å²) in [7, 11) is 1.89. The van der Waals surface area contributed by atoms with Crippen LogP contribution in [0.1, 0.15) is 37.0 Å². The van der Waals surface area contributed by atoms with Crippen LogP contribution in [0.4, 0.5) is 11.6 Å². The van der Waals surface area contributed by atoms with Crippen molar-refractivity contribution in [3.8, 4) is 0 Å². The summed E-state index contributed by atoms with van der Waals surface area (Å²) in [4.78, 5) is 10.6. The molecule has 2 rings (SSSR count). The van der Waals surface area contributed by atoms with E-state index in [9.17, 15) is 0 Å². The van der Waals surface area contributed by atoms with Crippen molar-refractivity contribution in [1.29, 1.82) is 0 Å². The highest BCUT2D eigenvalue weighted by atomic mass is 32.1. The van der Waals surface area contributed by atoms with Gasteiger partial charge in [0.1, 0.15) is 17.5 Å². The van der Waals surface area contributed by atoms with Gasteiger partial charge in [0.05, 0.1) is 6.54 Å². The summed E-state index contributed by atoms with van der Waals surface area (Å²) >= 11 is 1.75. The Morgan fingerprint density at radius 2 is 1.90 bits per heavy atom. The zero-order valence-electron chi connectivity index (χ0n) is 12.7. The van der Waals surface area contributed by atoms with Crippen LogP contribution >= 0.6 is 11.3 Å². The average molecular weight is 290 g/mol. The van der Waals surface area contributed by atoms with Crippen molar-refractivity contribution in [1.82, 2.24) is 9.97 Å². The topological polar surface area (TPSA) is 49.8 Å². The number of hydrogen-bond donors (Lipinski definition) is 2. The van der Waals surface area contributed by atoms with Crippen molar-refractivity contribution in [2.75, 3.05) is 17.7 Å². The number of rotatable bonds is 4. The zero-order chi connectivity index (χ0) is 14.8. The third kappa shape index (κ3) is 3.28. The molecule has 0 aliphatic heterocycles. The van der Waals surface area contributed by atoms with E-state index in [1.807, 2.05) is 14.0 Å². The summed E-state index contributed by atoms with van der Waals surface area (Å²) in [6, 6.07) is 4.19. The summed E-state index contributed by atoms with van der Waals surface area (Å²) in [5, 5.41) is 8.66. The molecule has 0 aliphatic carbocycles. The molecule has 20 heavy (non-hydrogen) atoms. The maximum absolute atomic E-state index is 4.69. The van der Waals surface area contributed by atoms with E-state index in [2.05, 4.69) is 53.9 Å². The Morgan fingerprint density at radius 3 is 2.45 bits per heavy atom. The van der Waals surface area contributed by atoms with Crippen molar-refractivity contribution in [3.05, 3.63) is 33.8 Å². The molecule has 0 saturated heterocycles. The van der Waals surface area contributed by atoms with Crippen LogP contribution in [0.2, 0.25) is 0 Å². The molecule has 2 aromatic rings. The van der Waals surface area contributed by atoms with E-state index >= 15 is 0 Å². The predicted molar refractivity (Wildman–Crippen MR) is 86.7 cm³/mol. The van der Waals surface area contributed by atoms with E-state index in [1.54, 1.807) is 11.3 Å². The molecular formula is C15H22N4S. The van der Waals surface area contributed by atoms with Crippen LogP contribution in [0.15, 0.2) is 17.5 Å². The van der Waals surface area contributed by atoms with Gasteiger partial charge in [-0.05, 0) is 18.4 Å². The number of hydrogen-bond acceptors (Lipinski definition) is 5. The molecule has 0 aliphatic rings. The minimum atomic E-state index is -0.0708. The Balaban J connectivity index is 2.30. The van der Waals surface area contributed by atoms with Crippen LogP contribution in [-0.2, 0) is 12.0 Å². The number of aromatic nitrogens is 2. The van der Waals surface area contributed by atoms with Gasteiger partial charge in [0.25, 0.3) is 0 Å². The fourth-order valence-corrected chi connectivity index (χ4v) is 2.50. The summed E-state index contributed by atoms with van der Waals surface area (Å²) in [6.07, 6.45) is 0. The van der Waals surface area contributed by atoms with Crippen molar-refractivity contribution in [3.63, 3.8) is 0 Å². The summed E-state index contributed by atoms with van der Waals surface area (Å²) < 4.78 is 0.